The quantitative estimate of drug-likeness (QED) is 0.766. The molecule has 0 spiro atoms. The maximum atomic E-state index is 12.2. The van der Waals surface area contributed by atoms with Crippen LogP contribution < -0.4 is 0 Å². The van der Waals surface area contributed by atoms with Gasteiger partial charge in [-0.25, -0.2) is 0 Å². The summed E-state index contributed by atoms with van der Waals surface area (Å²) in [7, 11) is 0. The fraction of sp³-hybridized carbons (Fsp3) is 0.250. The predicted molar refractivity (Wildman–Crippen MR) is 49.8 cm³/mol. The molecule has 0 nitrogen and oxygen atoms in total. The van der Waals surface area contributed by atoms with E-state index in [0.29, 0.717) is 0 Å². The van der Waals surface area contributed by atoms with E-state index in [0.717, 1.165) is 15.8 Å². The summed E-state index contributed by atoms with van der Waals surface area (Å²) in [6.07, 6.45) is -4.21. The molecule has 0 saturated carbocycles. The van der Waals surface area contributed by atoms with E-state index in [-0.39, 0.29) is 0 Å². The molecule has 5 heteroatoms. The number of benzene rings is 1. The Hall–Kier alpha value is 0.360. The van der Waals surface area contributed by atoms with Crippen LogP contribution >= 0.6 is 12.3 Å². The van der Waals surface area contributed by atoms with E-state index >= 15 is 0 Å². The van der Waals surface area contributed by atoms with Gasteiger partial charge in [-0.15, -0.1) is 0 Å². The summed E-state index contributed by atoms with van der Waals surface area (Å²) in [6.45, 7) is 0. The Morgan fingerprint density at radius 2 is 2.00 bits per heavy atom. The van der Waals surface area contributed by atoms with Gasteiger partial charge in [-0.3, -0.25) is 0 Å². The van der Waals surface area contributed by atoms with Gasteiger partial charge in [-0.1, -0.05) is 0 Å². The molecule has 0 saturated heterocycles. The molecule has 13 heavy (non-hydrogen) atoms. The monoisotopic (exact) mass is 353 g/mol. The number of alkyl halides is 3. The van der Waals surface area contributed by atoms with Crippen molar-refractivity contribution >= 4 is 32.9 Å². The normalized spacial score (nSPS) is 11.4. The Kier molecular flexibility index (Phi) is 4.16. The molecule has 0 N–H and O–H groups in total. The zero-order chi connectivity index (χ0) is 9.90. The van der Waals surface area contributed by atoms with Crippen LogP contribution in [0.4, 0.5) is 13.2 Å². The van der Waals surface area contributed by atoms with Gasteiger partial charge in [0, 0.05) is 0 Å². The van der Waals surface area contributed by atoms with E-state index in [2.05, 4.69) is 12.3 Å². The van der Waals surface area contributed by atoms with Gasteiger partial charge in [0.25, 0.3) is 0 Å². The van der Waals surface area contributed by atoms with Crippen LogP contribution in [0, 0.1) is 0 Å². The first-order chi connectivity index (χ1) is 6.04. The van der Waals surface area contributed by atoms with E-state index in [1.54, 1.807) is 6.07 Å². The van der Waals surface area contributed by atoms with Crippen LogP contribution in [0.5, 0.6) is 0 Å². The van der Waals surface area contributed by atoms with E-state index in [1.165, 1.54) is 12.1 Å². The third-order valence-corrected chi connectivity index (χ3v) is 5.52. The number of hydrogen-bond acceptors (Lipinski definition) is 0. The molecule has 0 aliphatic heterocycles. The van der Waals surface area contributed by atoms with Crippen molar-refractivity contribution in [3.05, 3.63) is 35.4 Å². The van der Waals surface area contributed by atoms with Crippen LogP contribution in [0.3, 0.4) is 0 Å². The van der Waals surface area contributed by atoms with Crippen LogP contribution in [0.15, 0.2) is 24.3 Å². The molecule has 0 aliphatic rings. The molecular weight excluding hydrogens is 348 g/mol. The third-order valence-electron chi connectivity index (χ3n) is 1.57. The molecule has 0 fully saturated rings. The van der Waals surface area contributed by atoms with E-state index in [9.17, 15) is 13.2 Å². The minimum absolute atomic E-state index is 0.547. The van der Waals surface area contributed by atoms with Crippen molar-refractivity contribution in [3.63, 3.8) is 0 Å². The third kappa shape index (κ3) is 3.54. The molecule has 0 unspecified atom stereocenters. The van der Waals surface area contributed by atoms with Crippen LogP contribution in [0.1, 0.15) is 11.1 Å². The summed E-state index contributed by atoms with van der Waals surface area (Å²) in [5, 5.41) is 0. The molecule has 0 aliphatic carbocycles. The summed E-state index contributed by atoms with van der Waals surface area (Å²) in [6, 6.07) is 5.53. The molecule has 69 valence electrons. The predicted octanol–water partition coefficient (Wildman–Crippen LogP) is 3.22. The first-order valence-corrected chi connectivity index (χ1v) is 13.3. The second kappa shape index (κ2) is 4.73. The van der Waals surface area contributed by atoms with Crippen LogP contribution in [-0.2, 0) is 10.4 Å². The van der Waals surface area contributed by atoms with Gasteiger partial charge in [0.2, 0.25) is 0 Å². The van der Waals surface area contributed by atoms with Crippen LogP contribution in [0.2, 0.25) is 0 Å². The molecule has 0 atom stereocenters. The van der Waals surface area contributed by atoms with Gasteiger partial charge >= 0.3 is 91.8 Å². The number of rotatable bonds is 2. The molecule has 1 rings (SSSR count). The molecular formula is C8H6BrF3In. The molecule has 0 aromatic heterocycles. The fourth-order valence-corrected chi connectivity index (χ4v) is 4.70. The molecule has 0 bridgehead atoms. The van der Waals surface area contributed by atoms with Gasteiger partial charge in [-0.05, 0) is 0 Å². The van der Waals surface area contributed by atoms with Crippen molar-refractivity contribution in [3.8, 4) is 0 Å². The van der Waals surface area contributed by atoms with Crippen LogP contribution in [0.25, 0.3) is 0 Å². The van der Waals surface area contributed by atoms with Crippen LogP contribution in [-0.4, -0.2) is 20.6 Å². The van der Waals surface area contributed by atoms with Crippen molar-refractivity contribution < 1.29 is 13.2 Å². The second-order valence-electron chi connectivity index (χ2n) is 2.56. The van der Waals surface area contributed by atoms with E-state index in [1.807, 2.05) is 0 Å². The maximum absolute atomic E-state index is 12.2. The summed E-state index contributed by atoms with van der Waals surface area (Å²) in [5.74, 6) is 0. The Bertz CT molecular complexity index is 285. The van der Waals surface area contributed by atoms with Crippen molar-refractivity contribution in [2.75, 3.05) is 0 Å². The van der Waals surface area contributed by atoms with Gasteiger partial charge in [0.15, 0.2) is 0 Å². The molecule has 1 radical (unpaired) electrons. The van der Waals surface area contributed by atoms with Crippen molar-refractivity contribution in [2.24, 2.45) is 0 Å². The van der Waals surface area contributed by atoms with Crippen molar-refractivity contribution in [1.29, 1.82) is 0 Å². The summed E-state index contributed by atoms with van der Waals surface area (Å²) in [5.41, 5.74) is 0.238. The SMILES string of the molecule is FC(F)(F)c1cccc([CH2][In][Br])c1. The Balaban J connectivity index is 2.92. The Labute approximate surface area is 91.4 Å². The molecule has 0 amide bonds. The Morgan fingerprint density at radius 3 is 2.54 bits per heavy atom. The summed E-state index contributed by atoms with van der Waals surface area (Å²) in [4.78, 5) is 0. The fourth-order valence-electron chi connectivity index (χ4n) is 0.964. The molecule has 1 aromatic carbocycles. The second-order valence-corrected chi connectivity index (χ2v) is 8.95. The average Bonchev–Trinajstić information content (AvgIpc) is 2.04. The average molecular weight is 354 g/mol. The van der Waals surface area contributed by atoms with Crippen molar-refractivity contribution in [1.82, 2.24) is 0 Å². The zero-order valence-corrected chi connectivity index (χ0v) is 11.5. The Morgan fingerprint density at radius 1 is 1.31 bits per heavy atom. The topological polar surface area (TPSA) is 0 Å². The van der Waals surface area contributed by atoms with Gasteiger partial charge in [-0.2, -0.15) is 0 Å². The van der Waals surface area contributed by atoms with Crippen molar-refractivity contribution in [2.45, 2.75) is 10.4 Å². The summed E-state index contributed by atoms with van der Waals surface area (Å²) < 4.78 is 37.4. The molecule has 1 aromatic rings. The van der Waals surface area contributed by atoms with Gasteiger partial charge in [0.1, 0.15) is 0 Å². The first-order valence-electron chi connectivity index (χ1n) is 3.62. The molecule has 0 heterocycles. The summed E-state index contributed by atoms with van der Waals surface area (Å²) >= 11 is 2.58. The first kappa shape index (κ1) is 11.4. The minimum atomic E-state index is -4.21. The van der Waals surface area contributed by atoms with Gasteiger partial charge in [0.05, 0.1) is 0 Å². The van der Waals surface area contributed by atoms with Gasteiger partial charge < -0.3 is 0 Å². The number of hydrogen-bond donors (Lipinski definition) is 0. The standard InChI is InChI=1S/C8H6F3.BrH.In/c1-6-3-2-4-7(5-6)8(9,10)11;;/h2-5H,1H2;1H;/q;;+1/p-1. The zero-order valence-electron chi connectivity index (χ0n) is 6.61. The van der Waals surface area contributed by atoms with E-state index < -0.39 is 32.3 Å². The van der Waals surface area contributed by atoms with E-state index in [4.69, 9.17) is 0 Å². The number of halogens is 4.